The van der Waals surface area contributed by atoms with Crippen LogP contribution in [0.3, 0.4) is 0 Å². The average molecular weight is 364 g/mol. The van der Waals surface area contributed by atoms with Gasteiger partial charge >= 0.3 is 0 Å². The highest BCUT2D eigenvalue weighted by Crippen LogP contribution is 2.32. The zero-order chi connectivity index (χ0) is 18.0. The summed E-state index contributed by atoms with van der Waals surface area (Å²) in [5.41, 5.74) is 0.692. The Morgan fingerprint density at radius 3 is 2.72 bits per heavy atom. The predicted octanol–water partition coefficient (Wildman–Crippen LogP) is 2.54. The van der Waals surface area contributed by atoms with Gasteiger partial charge in [-0.1, -0.05) is 12.1 Å². The summed E-state index contributed by atoms with van der Waals surface area (Å²) in [7, 11) is -2.47. The Morgan fingerprint density at radius 2 is 2.04 bits per heavy atom. The predicted molar refractivity (Wildman–Crippen MR) is 92.3 cm³/mol. The smallest absolute Gasteiger partial charge is 0.273 e. The highest BCUT2D eigenvalue weighted by Gasteiger charge is 2.24. The molecule has 0 aliphatic heterocycles. The first-order valence-electron chi connectivity index (χ1n) is 7.98. The molecule has 7 nitrogen and oxygen atoms in total. The summed E-state index contributed by atoms with van der Waals surface area (Å²) in [6, 6.07) is 8.36. The minimum Gasteiger partial charge on any atom is -0.491 e. The molecule has 0 spiro atoms. The van der Waals surface area contributed by atoms with Gasteiger partial charge in [-0.05, 0) is 44.9 Å². The second-order valence-corrected chi connectivity index (χ2v) is 7.77. The lowest BCUT2D eigenvalue weighted by Crippen LogP contribution is -2.18. The van der Waals surface area contributed by atoms with Gasteiger partial charge in [0.25, 0.3) is 15.9 Å². The Balaban J connectivity index is 1.78. The number of furan rings is 1. The molecule has 0 radical (unpaired) electrons. The number of carbonyl (C=O) groups excluding carboxylic acids is 1. The number of hydrogen-bond donors (Lipinski definition) is 2. The summed E-state index contributed by atoms with van der Waals surface area (Å²) < 4.78 is 36.7. The molecule has 0 atom stereocenters. The van der Waals surface area contributed by atoms with Crippen molar-refractivity contribution in [1.29, 1.82) is 0 Å². The number of sulfonamides is 1. The topological polar surface area (TPSA) is 97.6 Å². The zero-order valence-electron chi connectivity index (χ0n) is 14.0. The molecule has 0 saturated heterocycles. The summed E-state index contributed by atoms with van der Waals surface area (Å²) >= 11 is 0. The van der Waals surface area contributed by atoms with Gasteiger partial charge in [0.05, 0.1) is 17.9 Å². The van der Waals surface area contributed by atoms with Crippen LogP contribution in [0.4, 0.5) is 5.69 Å². The fraction of sp³-hybridized carbons (Fsp3) is 0.353. The van der Waals surface area contributed by atoms with Crippen molar-refractivity contribution in [3.05, 3.63) is 41.7 Å². The number of benzene rings is 1. The molecule has 1 aliphatic rings. The van der Waals surface area contributed by atoms with E-state index in [4.69, 9.17) is 9.15 Å². The molecule has 1 aromatic heterocycles. The molecule has 3 rings (SSSR count). The molecule has 0 unspecified atom stereocenters. The van der Waals surface area contributed by atoms with Crippen LogP contribution in [-0.4, -0.2) is 28.0 Å². The first-order valence-corrected chi connectivity index (χ1v) is 9.46. The molecule has 1 amide bonds. The molecule has 134 valence electrons. The van der Waals surface area contributed by atoms with Gasteiger partial charge in [-0.2, -0.15) is 0 Å². The summed E-state index contributed by atoms with van der Waals surface area (Å²) in [6.45, 7) is 2.17. The van der Waals surface area contributed by atoms with Gasteiger partial charge in [0.2, 0.25) is 5.09 Å². The van der Waals surface area contributed by atoms with Crippen molar-refractivity contribution in [1.82, 2.24) is 4.72 Å². The molecule has 25 heavy (non-hydrogen) atoms. The van der Waals surface area contributed by atoms with E-state index >= 15 is 0 Å². The van der Waals surface area contributed by atoms with E-state index in [0.717, 1.165) is 0 Å². The van der Waals surface area contributed by atoms with E-state index in [9.17, 15) is 13.2 Å². The molecule has 1 aliphatic carbocycles. The van der Waals surface area contributed by atoms with E-state index in [1.54, 1.807) is 25.1 Å². The Labute approximate surface area is 146 Å². The Morgan fingerprint density at radius 1 is 1.32 bits per heavy atom. The third-order valence-electron chi connectivity index (χ3n) is 3.98. The van der Waals surface area contributed by atoms with Crippen molar-refractivity contribution < 1.29 is 22.4 Å². The van der Waals surface area contributed by atoms with Crippen molar-refractivity contribution in [3.8, 4) is 5.75 Å². The number of hydrogen-bond acceptors (Lipinski definition) is 5. The molecular weight excluding hydrogens is 344 g/mol. The van der Waals surface area contributed by atoms with Crippen LogP contribution in [0.15, 0.2) is 39.8 Å². The molecule has 1 saturated carbocycles. The van der Waals surface area contributed by atoms with Crippen LogP contribution in [0, 0.1) is 12.8 Å². The van der Waals surface area contributed by atoms with Gasteiger partial charge < -0.3 is 14.5 Å². The van der Waals surface area contributed by atoms with E-state index in [-0.39, 0.29) is 16.4 Å². The molecule has 8 heteroatoms. The lowest BCUT2D eigenvalue weighted by atomic mass is 10.2. The SMILES string of the molecule is CNS(=O)(=O)c1cc(C(=O)Nc2ccccc2OCC2CC2)c(C)o1. The maximum Gasteiger partial charge on any atom is 0.273 e. The number of ether oxygens (including phenoxy) is 1. The Kier molecular flexibility index (Phi) is 4.82. The zero-order valence-corrected chi connectivity index (χ0v) is 14.9. The minimum atomic E-state index is -3.75. The number of rotatable bonds is 7. The largest absolute Gasteiger partial charge is 0.491 e. The van der Waals surface area contributed by atoms with E-state index in [2.05, 4.69) is 10.0 Å². The number of carbonyl (C=O) groups is 1. The van der Waals surface area contributed by atoms with E-state index in [1.165, 1.54) is 26.0 Å². The van der Waals surface area contributed by atoms with Crippen LogP contribution in [0.2, 0.25) is 0 Å². The van der Waals surface area contributed by atoms with Crippen molar-refractivity contribution in [2.75, 3.05) is 19.0 Å². The first kappa shape index (κ1) is 17.5. The number of anilines is 1. The number of para-hydroxylation sites is 2. The minimum absolute atomic E-state index is 0.158. The molecular formula is C17H20N2O5S. The third-order valence-corrected chi connectivity index (χ3v) is 5.25. The Hall–Kier alpha value is -2.32. The molecule has 2 aromatic rings. The van der Waals surface area contributed by atoms with E-state index < -0.39 is 15.9 Å². The van der Waals surface area contributed by atoms with Crippen molar-refractivity contribution >= 4 is 21.6 Å². The van der Waals surface area contributed by atoms with Crippen molar-refractivity contribution in [2.24, 2.45) is 5.92 Å². The highest BCUT2D eigenvalue weighted by molar-refractivity contribution is 7.89. The second kappa shape index (κ2) is 6.89. The fourth-order valence-electron chi connectivity index (χ4n) is 2.29. The molecule has 1 heterocycles. The monoisotopic (exact) mass is 364 g/mol. The lowest BCUT2D eigenvalue weighted by molar-refractivity contribution is 0.102. The van der Waals surface area contributed by atoms with Crippen molar-refractivity contribution in [2.45, 2.75) is 24.9 Å². The van der Waals surface area contributed by atoms with Gasteiger partial charge in [-0.15, -0.1) is 0 Å². The molecule has 2 N–H and O–H groups in total. The van der Waals surface area contributed by atoms with Gasteiger partial charge in [-0.3, -0.25) is 4.79 Å². The van der Waals surface area contributed by atoms with Crippen LogP contribution in [-0.2, 0) is 10.0 Å². The maximum absolute atomic E-state index is 12.5. The summed E-state index contributed by atoms with van der Waals surface area (Å²) in [5.74, 6) is 0.949. The fourth-order valence-corrected chi connectivity index (χ4v) is 3.00. The third kappa shape index (κ3) is 4.02. The Bertz CT molecular complexity index is 884. The quantitative estimate of drug-likeness (QED) is 0.787. The number of amides is 1. The van der Waals surface area contributed by atoms with Gasteiger partial charge in [-0.25, -0.2) is 13.1 Å². The van der Waals surface area contributed by atoms with Crippen LogP contribution in [0.25, 0.3) is 0 Å². The molecule has 1 aromatic carbocycles. The molecule has 1 fully saturated rings. The second-order valence-electron chi connectivity index (χ2n) is 5.95. The van der Waals surface area contributed by atoms with Crippen LogP contribution < -0.4 is 14.8 Å². The summed E-state index contributed by atoms with van der Waals surface area (Å²) in [4.78, 5) is 12.5. The van der Waals surface area contributed by atoms with Crippen molar-refractivity contribution in [3.63, 3.8) is 0 Å². The van der Waals surface area contributed by atoms with Crippen LogP contribution in [0.5, 0.6) is 5.75 Å². The van der Waals surface area contributed by atoms with Gasteiger partial charge in [0.1, 0.15) is 11.5 Å². The summed E-state index contributed by atoms with van der Waals surface area (Å²) in [5, 5.41) is 2.46. The van der Waals surface area contributed by atoms with E-state index in [0.29, 0.717) is 24.0 Å². The van der Waals surface area contributed by atoms with Crippen LogP contribution >= 0.6 is 0 Å². The standard InChI is InChI=1S/C17H20N2O5S/c1-11-13(9-16(24-11)25(21,22)18-2)17(20)19-14-5-3-4-6-15(14)23-10-12-7-8-12/h3-6,9,12,18H,7-8,10H2,1-2H3,(H,19,20). The molecule has 0 bridgehead atoms. The van der Waals surface area contributed by atoms with Gasteiger partial charge in [0, 0.05) is 6.07 Å². The normalized spacial score (nSPS) is 14.3. The maximum atomic E-state index is 12.5. The number of aryl methyl sites for hydroxylation is 1. The van der Waals surface area contributed by atoms with Crippen LogP contribution in [0.1, 0.15) is 29.0 Å². The average Bonchev–Trinajstić information content (AvgIpc) is 3.33. The van der Waals surface area contributed by atoms with E-state index in [1.807, 2.05) is 6.07 Å². The van der Waals surface area contributed by atoms with Gasteiger partial charge in [0.15, 0.2) is 0 Å². The first-order chi connectivity index (χ1) is 11.9. The summed E-state index contributed by atoms with van der Waals surface area (Å²) in [6.07, 6.45) is 2.34. The number of nitrogens with one attached hydrogen (secondary N) is 2. The lowest BCUT2D eigenvalue weighted by Gasteiger charge is -2.11. The highest BCUT2D eigenvalue weighted by atomic mass is 32.2.